The topological polar surface area (TPSA) is 55.1 Å². The number of benzene rings is 1. The van der Waals surface area contributed by atoms with Crippen molar-refractivity contribution < 1.29 is 9.90 Å². The monoisotopic (exact) mass is 226 g/mol. The predicted octanol–water partition coefficient (Wildman–Crippen LogP) is 1.37. The zero-order chi connectivity index (χ0) is 12.1. The number of aromatic nitrogens is 2. The van der Waals surface area contributed by atoms with Crippen LogP contribution in [0.15, 0.2) is 42.9 Å². The summed E-state index contributed by atoms with van der Waals surface area (Å²) in [6.45, 7) is 0.697. The first-order valence-electron chi connectivity index (χ1n) is 5.05. The summed E-state index contributed by atoms with van der Waals surface area (Å²) in [7, 11) is 0. The van der Waals surface area contributed by atoms with E-state index in [-0.39, 0.29) is 0 Å². The molecule has 1 heterocycles. The van der Waals surface area contributed by atoms with E-state index in [0.29, 0.717) is 12.2 Å². The third kappa shape index (κ3) is 3.21. The van der Waals surface area contributed by atoms with Gasteiger partial charge in [-0.05, 0) is 11.5 Å². The minimum absolute atomic E-state index is 0.461. The maximum absolute atomic E-state index is 10.3. The van der Waals surface area contributed by atoms with E-state index in [1.807, 2.05) is 40.8 Å². The lowest BCUT2D eigenvalue weighted by molar-refractivity contribution is -0.130. The summed E-state index contributed by atoms with van der Waals surface area (Å²) in [5.74, 6) is 3.35. The van der Waals surface area contributed by atoms with Gasteiger partial charge in [-0.1, -0.05) is 30.3 Å². The summed E-state index contributed by atoms with van der Waals surface area (Å²) >= 11 is 0. The second-order valence-corrected chi connectivity index (χ2v) is 3.47. The van der Waals surface area contributed by atoms with Gasteiger partial charge in [0.2, 0.25) is 0 Å². The molecule has 0 radical (unpaired) electrons. The van der Waals surface area contributed by atoms with E-state index in [9.17, 15) is 4.79 Å². The average Bonchev–Trinajstić information content (AvgIpc) is 2.75. The highest BCUT2D eigenvalue weighted by atomic mass is 16.4. The smallest absolute Gasteiger partial charge is 0.382 e. The van der Waals surface area contributed by atoms with E-state index < -0.39 is 5.97 Å². The first-order valence-corrected chi connectivity index (χ1v) is 5.05. The molecule has 0 saturated heterocycles. The Labute approximate surface area is 98.5 Å². The van der Waals surface area contributed by atoms with E-state index in [2.05, 4.69) is 10.9 Å². The minimum Gasteiger partial charge on any atom is -0.472 e. The fraction of sp³-hybridized carbons (Fsp3) is 0.0769. The second-order valence-electron chi connectivity index (χ2n) is 3.47. The molecule has 0 bridgehead atoms. The van der Waals surface area contributed by atoms with Gasteiger partial charge in [-0.15, -0.1) is 0 Å². The van der Waals surface area contributed by atoms with Crippen LogP contribution in [0.25, 0.3) is 0 Å². The quantitative estimate of drug-likeness (QED) is 0.787. The Morgan fingerprint density at radius 1 is 1.35 bits per heavy atom. The van der Waals surface area contributed by atoms with Crippen molar-refractivity contribution in [2.45, 2.75) is 6.54 Å². The molecule has 17 heavy (non-hydrogen) atoms. The summed E-state index contributed by atoms with van der Waals surface area (Å²) in [5, 5.41) is 8.41. The first-order chi connectivity index (χ1) is 8.24. The minimum atomic E-state index is -1.15. The van der Waals surface area contributed by atoms with E-state index in [1.165, 1.54) is 0 Å². The second kappa shape index (κ2) is 4.99. The molecule has 1 N–H and O–H groups in total. The number of carbonyl (C=O) groups is 1. The van der Waals surface area contributed by atoms with Gasteiger partial charge in [-0.25, -0.2) is 9.78 Å². The normalized spacial score (nSPS) is 9.41. The molecule has 84 valence electrons. The SMILES string of the molecule is O=C(O)C#Cc1cn(Cc2ccccc2)cn1. The van der Waals surface area contributed by atoms with Crippen molar-refractivity contribution in [2.75, 3.05) is 0 Å². The van der Waals surface area contributed by atoms with Gasteiger partial charge in [-0.2, -0.15) is 0 Å². The van der Waals surface area contributed by atoms with Gasteiger partial charge in [0.15, 0.2) is 0 Å². The molecule has 0 atom stereocenters. The summed E-state index contributed by atoms with van der Waals surface area (Å²) < 4.78 is 1.86. The van der Waals surface area contributed by atoms with Gasteiger partial charge >= 0.3 is 5.97 Å². The van der Waals surface area contributed by atoms with E-state index in [1.54, 1.807) is 12.5 Å². The molecule has 1 aromatic heterocycles. The number of carboxylic acids is 1. The largest absolute Gasteiger partial charge is 0.472 e. The van der Waals surface area contributed by atoms with Gasteiger partial charge in [0.25, 0.3) is 0 Å². The Kier molecular flexibility index (Phi) is 3.22. The highest BCUT2D eigenvalue weighted by molar-refractivity contribution is 5.87. The maximum Gasteiger partial charge on any atom is 0.382 e. The van der Waals surface area contributed by atoms with Crippen LogP contribution in [-0.4, -0.2) is 20.6 Å². The number of rotatable bonds is 2. The first kappa shape index (κ1) is 11.0. The van der Waals surface area contributed by atoms with Gasteiger partial charge < -0.3 is 9.67 Å². The number of imidazole rings is 1. The van der Waals surface area contributed by atoms with Crippen molar-refractivity contribution in [3.05, 3.63) is 54.1 Å². The van der Waals surface area contributed by atoms with Crippen LogP contribution in [0.2, 0.25) is 0 Å². The van der Waals surface area contributed by atoms with Crippen LogP contribution in [0.1, 0.15) is 11.3 Å². The van der Waals surface area contributed by atoms with Crippen molar-refractivity contribution in [2.24, 2.45) is 0 Å². The van der Waals surface area contributed by atoms with Crippen molar-refractivity contribution in [3.8, 4) is 11.8 Å². The Morgan fingerprint density at radius 2 is 2.12 bits per heavy atom. The van der Waals surface area contributed by atoms with Crippen LogP contribution in [0.5, 0.6) is 0 Å². The van der Waals surface area contributed by atoms with Crippen LogP contribution in [0, 0.1) is 11.8 Å². The van der Waals surface area contributed by atoms with Crippen molar-refractivity contribution in [1.82, 2.24) is 9.55 Å². The van der Waals surface area contributed by atoms with Crippen LogP contribution in [0.4, 0.5) is 0 Å². The Bertz CT molecular complexity index is 576. The van der Waals surface area contributed by atoms with Crippen LogP contribution in [-0.2, 0) is 11.3 Å². The fourth-order valence-corrected chi connectivity index (χ4v) is 1.42. The van der Waals surface area contributed by atoms with Crippen LogP contribution in [0.3, 0.4) is 0 Å². The third-order valence-corrected chi connectivity index (χ3v) is 2.14. The summed E-state index contributed by atoms with van der Waals surface area (Å²) in [5.41, 5.74) is 1.62. The third-order valence-electron chi connectivity index (χ3n) is 2.14. The molecule has 0 aliphatic heterocycles. The number of hydrogen-bond acceptors (Lipinski definition) is 2. The summed E-state index contributed by atoms with van der Waals surface area (Å²) in [6.07, 6.45) is 3.36. The average molecular weight is 226 g/mol. The molecule has 0 aliphatic rings. The molecule has 0 unspecified atom stereocenters. The van der Waals surface area contributed by atoms with Gasteiger partial charge in [0.1, 0.15) is 5.69 Å². The van der Waals surface area contributed by atoms with Gasteiger partial charge in [0, 0.05) is 18.7 Å². The molecule has 0 aliphatic carbocycles. The number of nitrogens with zero attached hydrogens (tertiary/aromatic N) is 2. The van der Waals surface area contributed by atoms with Crippen LogP contribution < -0.4 is 0 Å². The lowest BCUT2D eigenvalue weighted by Gasteiger charge is -2.00. The Hall–Kier alpha value is -2.54. The fourth-order valence-electron chi connectivity index (χ4n) is 1.42. The lowest BCUT2D eigenvalue weighted by Crippen LogP contribution is -1.95. The molecule has 2 rings (SSSR count). The van der Waals surface area contributed by atoms with Crippen molar-refractivity contribution in [1.29, 1.82) is 0 Å². The Balaban J connectivity index is 2.10. The molecular weight excluding hydrogens is 216 g/mol. The standard InChI is InChI=1S/C13H10N2O2/c16-13(17)7-6-12-9-15(10-14-12)8-11-4-2-1-3-5-11/h1-5,9-10H,8H2,(H,16,17). The lowest BCUT2D eigenvalue weighted by atomic mass is 10.2. The van der Waals surface area contributed by atoms with Crippen molar-refractivity contribution in [3.63, 3.8) is 0 Å². The molecule has 0 saturated carbocycles. The highest BCUT2D eigenvalue weighted by Crippen LogP contribution is 2.03. The van der Waals surface area contributed by atoms with Gasteiger partial charge in [0.05, 0.1) is 6.33 Å². The van der Waals surface area contributed by atoms with E-state index >= 15 is 0 Å². The Morgan fingerprint density at radius 3 is 2.82 bits per heavy atom. The zero-order valence-corrected chi connectivity index (χ0v) is 9.00. The molecule has 0 fully saturated rings. The van der Waals surface area contributed by atoms with E-state index in [4.69, 9.17) is 5.11 Å². The zero-order valence-electron chi connectivity index (χ0n) is 9.00. The molecule has 0 spiro atoms. The molecule has 1 aromatic carbocycles. The number of hydrogen-bond donors (Lipinski definition) is 1. The summed E-state index contributed by atoms with van der Waals surface area (Å²) in [6, 6.07) is 9.93. The highest BCUT2D eigenvalue weighted by Gasteiger charge is 1.97. The van der Waals surface area contributed by atoms with Crippen molar-refractivity contribution >= 4 is 5.97 Å². The predicted molar refractivity (Wildman–Crippen MR) is 62.3 cm³/mol. The summed E-state index contributed by atoms with van der Waals surface area (Å²) in [4.78, 5) is 14.3. The molecule has 0 amide bonds. The maximum atomic E-state index is 10.3. The van der Waals surface area contributed by atoms with Gasteiger partial charge in [-0.3, -0.25) is 0 Å². The van der Waals surface area contributed by atoms with E-state index in [0.717, 1.165) is 5.56 Å². The number of carboxylic acid groups (broad SMARTS) is 1. The molecule has 4 heteroatoms. The number of aliphatic carboxylic acids is 1. The molecule has 4 nitrogen and oxygen atoms in total. The van der Waals surface area contributed by atoms with Crippen LogP contribution >= 0.6 is 0 Å². The molecular formula is C13H10N2O2. The molecule has 2 aromatic rings.